The van der Waals surface area contributed by atoms with Gasteiger partial charge in [0.1, 0.15) is 0 Å². The lowest BCUT2D eigenvalue weighted by molar-refractivity contribution is -0.136. The van der Waals surface area contributed by atoms with E-state index in [1.54, 1.807) is 0 Å². The number of aliphatic hydroxyl groups excluding tert-OH is 1. The zero-order chi connectivity index (χ0) is 13.1. The highest BCUT2D eigenvalue weighted by molar-refractivity contribution is 5.87. The van der Waals surface area contributed by atoms with Crippen molar-refractivity contribution in [2.24, 2.45) is 0 Å². The van der Waals surface area contributed by atoms with Crippen LogP contribution in [-0.2, 0) is 9.53 Å². The number of esters is 1. The van der Waals surface area contributed by atoms with Gasteiger partial charge in [-0.1, -0.05) is 52.0 Å². The molecule has 0 fully saturated rings. The fourth-order valence-corrected chi connectivity index (χ4v) is 1.77. The molecule has 0 aliphatic rings. The van der Waals surface area contributed by atoms with E-state index in [1.807, 2.05) is 0 Å². The standard InChI is InChI=1S/C14H26O3/c1-4-5-6-7-8-9-10-13(15)11-12(2)14(16)17-3/h13,15H,2,4-11H2,1,3H3. The first-order valence-electron chi connectivity index (χ1n) is 6.56. The summed E-state index contributed by atoms with van der Waals surface area (Å²) < 4.78 is 4.53. The van der Waals surface area contributed by atoms with Gasteiger partial charge < -0.3 is 9.84 Å². The second kappa shape index (κ2) is 10.3. The van der Waals surface area contributed by atoms with Gasteiger partial charge >= 0.3 is 5.97 Å². The van der Waals surface area contributed by atoms with E-state index in [2.05, 4.69) is 18.2 Å². The van der Waals surface area contributed by atoms with Crippen molar-refractivity contribution in [3.8, 4) is 0 Å². The van der Waals surface area contributed by atoms with Gasteiger partial charge in [0.05, 0.1) is 13.2 Å². The molecule has 0 bridgehead atoms. The zero-order valence-electron chi connectivity index (χ0n) is 11.2. The molecule has 0 aromatic heterocycles. The van der Waals surface area contributed by atoms with Crippen molar-refractivity contribution in [1.82, 2.24) is 0 Å². The molecule has 100 valence electrons. The summed E-state index contributed by atoms with van der Waals surface area (Å²) in [6.45, 7) is 5.80. The van der Waals surface area contributed by atoms with E-state index in [1.165, 1.54) is 32.8 Å². The smallest absolute Gasteiger partial charge is 0.333 e. The maximum absolute atomic E-state index is 11.1. The van der Waals surface area contributed by atoms with Crippen molar-refractivity contribution in [3.05, 3.63) is 12.2 Å². The SMILES string of the molecule is C=C(CC(O)CCCCCCCC)C(=O)OC. The summed E-state index contributed by atoms with van der Waals surface area (Å²) in [6.07, 6.45) is 7.82. The van der Waals surface area contributed by atoms with Crippen LogP contribution in [0.2, 0.25) is 0 Å². The summed E-state index contributed by atoms with van der Waals surface area (Å²) in [5, 5.41) is 9.70. The maximum atomic E-state index is 11.1. The molecule has 1 unspecified atom stereocenters. The van der Waals surface area contributed by atoms with Crippen LogP contribution in [-0.4, -0.2) is 24.3 Å². The van der Waals surface area contributed by atoms with E-state index in [0.29, 0.717) is 12.0 Å². The molecule has 0 amide bonds. The van der Waals surface area contributed by atoms with Gasteiger partial charge in [0.15, 0.2) is 0 Å². The number of unbranched alkanes of at least 4 members (excludes halogenated alkanes) is 5. The lowest BCUT2D eigenvalue weighted by Crippen LogP contribution is -2.13. The predicted octanol–water partition coefficient (Wildman–Crippen LogP) is 3.22. The Hall–Kier alpha value is -0.830. The minimum Gasteiger partial charge on any atom is -0.466 e. The molecule has 17 heavy (non-hydrogen) atoms. The number of hydrogen-bond donors (Lipinski definition) is 1. The molecule has 0 aromatic carbocycles. The number of methoxy groups -OCH3 is 1. The van der Waals surface area contributed by atoms with E-state index >= 15 is 0 Å². The molecule has 3 nitrogen and oxygen atoms in total. The summed E-state index contributed by atoms with van der Waals surface area (Å²) in [4.78, 5) is 11.1. The molecule has 0 radical (unpaired) electrons. The largest absolute Gasteiger partial charge is 0.466 e. The number of carbonyl (C=O) groups excluding carboxylic acids is 1. The van der Waals surface area contributed by atoms with Crippen molar-refractivity contribution in [2.45, 2.75) is 64.4 Å². The van der Waals surface area contributed by atoms with E-state index in [9.17, 15) is 9.90 Å². The van der Waals surface area contributed by atoms with Gasteiger partial charge in [-0.2, -0.15) is 0 Å². The number of rotatable bonds is 10. The zero-order valence-corrected chi connectivity index (χ0v) is 11.2. The van der Waals surface area contributed by atoms with Gasteiger partial charge in [-0.3, -0.25) is 0 Å². The van der Waals surface area contributed by atoms with Crippen LogP contribution in [0.4, 0.5) is 0 Å². The average molecular weight is 242 g/mol. The van der Waals surface area contributed by atoms with Gasteiger partial charge in [0.25, 0.3) is 0 Å². The Bertz CT molecular complexity index is 224. The number of aliphatic hydroxyl groups is 1. The van der Waals surface area contributed by atoms with Crippen molar-refractivity contribution in [1.29, 1.82) is 0 Å². The second-order valence-electron chi connectivity index (χ2n) is 4.51. The first-order chi connectivity index (χ1) is 8.11. The van der Waals surface area contributed by atoms with Crippen molar-refractivity contribution in [2.75, 3.05) is 7.11 Å². The highest BCUT2D eigenvalue weighted by Crippen LogP contribution is 2.13. The average Bonchev–Trinajstić information content (AvgIpc) is 2.32. The first-order valence-corrected chi connectivity index (χ1v) is 6.56. The maximum Gasteiger partial charge on any atom is 0.333 e. The summed E-state index contributed by atoms with van der Waals surface area (Å²) in [6, 6.07) is 0. The van der Waals surface area contributed by atoms with Crippen LogP contribution in [0.1, 0.15) is 58.3 Å². The Morgan fingerprint density at radius 1 is 1.24 bits per heavy atom. The number of carbonyl (C=O) groups is 1. The Balaban J connectivity index is 3.49. The van der Waals surface area contributed by atoms with Crippen LogP contribution in [0.25, 0.3) is 0 Å². The minimum absolute atomic E-state index is 0.321. The minimum atomic E-state index is -0.465. The third-order valence-corrected chi connectivity index (χ3v) is 2.85. The van der Waals surface area contributed by atoms with E-state index in [4.69, 9.17) is 0 Å². The van der Waals surface area contributed by atoms with Crippen molar-refractivity contribution >= 4 is 5.97 Å². The highest BCUT2D eigenvalue weighted by atomic mass is 16.5. The predicted molar refractivity (Wildman–Crippen MR) is 69.8 cm³/mol. The van der Waals surface area contributed by atoms with E-state index in [0.717, 1.165) is 19.3 Å². The van der Waals surface area contributed by atoms with Crippen LogP contribution in [0.3, 0.4) is 0 Å². The highest BCUT2D eigenvalue weighted by Gasteiger charge is 2.12. The van der Waals surface area contributed by atoms with E-state index < -0.39 is 12.1 Å². The molecular weight excluding hydrogens is 216 g/mol. The van der Waals surface area contributed by atoms with Gasteiger partial charge in [0.2, 0.25) is 0 Å². The normalized spacial score (nSPS) is 12.2. The quantitative estimate of drug-likeness (QED) is 0.363. The molecule has 0 aliphatic heterocycles. The van der Waals surface area contributed by atoms with Gasteiger partial charge in [0, 0.05) is 12.0 Å². The molecule has 0 rings (SSSR count). The molecule has 0 aliphatic carbocycles. The van der Waals surface area contributed by atoms with Crippen LogP contribution < -0.4 is 0 Å². The molecule has 3 heteroatoms. The van der Waals surface area contributed by atoms with E-state index in [-0.39, 0.29) is 0 Å². The fraction of sp³-hybridized carbons (Fsp3) is 0.786. The fourth-order valence-electron chi connectivity index (χ4n) is 1.77. The summed E-state index contributed by atoms with van der Waals surface area (Å²) in [5.41, 5.74) is 0.353. The molecular formula is C14H26O3. The third kappa shape index (κ3) is 8.93. The molecule has 0 saturated heterocycles. The Morgan fingerprint density at radius 2 is 1.82 bits per heavy atom. The summed E-state index contributed by atoms with van der Waals surface area (Å²) >= 11 is 0. The van der Waals surface area contributed by atoms with Gasteiger partial charge in [-0.15, -0.1) is 0 Å². The van der Waals surface area contributed by atoms with Crippen LogP contribution in [0.15, 0.2) is 12.2 Å². The molecule has 0 spiro atoms. The lowest BCUT2D eigenvalue weighted by Gasteiger charge is -2.11. The van der Waals surface area contributed by atoms with Gasteiger partial charge in [-0.25, -0.2) is 4.79 Å². The molecule has 1 N–H and O–H groups in total. The monoisotopic (exact) mass is 242 g/mol. The van der Waals surface area contributed by atoms with Gasteiger partial charge in [-0.05, 0) is 6.42 Å². The van der Waals surface area contributed by atoms with Crippen LogP contribution in [0, 0.1) is 0 Å². The summed E-state index contributed by atoms with van der Waals surface area (Å²) in [5.74, 6) is -0.424. The molecule has 0 aromatic rings. The first kappa shape index (κ1) is 16.2. The molecule has 1 atom stereocenters. The van der Waals surface area contributed by atoms with Crippen molar-refractivity contribution < 1.29 is 14.6 Å². The van der Waals surface area contributed by atoms with Crippen LogP contribution >= 0.6 is 0 Å². The third-order valence-electron chi connectivity index (χ3n) is 2.85. The Labute approximate surface area is 105 Å². The number of hydrogen-bond acceptors (Lipinski definition) is 3. The molecule has 0 saturated carbocycles. The Morgan fingerprint density at radius 3 is 2.41 bits per heavy atom. The van der Waals surface area contributed by atoms with Crippen LogP contribution in [0.5, 0.6) is 0 Å². The second-order valence-corrected chi connectivity index (χ2v) is 4.51. The summed E-state index contributed by atoms with van der Waals surface area (Å²) in [7, 11) is 1.33. The Kier molecular flexibility index (Phi) is 9.83. The number of ether oxygens (including phenoxy) is 1. The van der Waals surface area contributed by atoms with Crippen molar-refractivity contribution in [3.63, 3.8) is 0 Å². The molecule has 0 heterocycles. The lowest BCUT2D eigenvalue weighted by atomic mass is 10.0. The topological polar surface area (TPSA) is 46.5 Å².